The molecule has 35 heavy (non-hydrogen) atoms. The van der Waals surface area contributed by atoms with Crippen molar-refractivity contribution in [3.8, 4) is 0 Å². The number of carbonyl (C=O) groups is 3. The number of halogens is 1. The smallest absolute Gasteiger partial charge is 0.413 e. The molecule has 0 bridgehead atoms. The SMILES string of the molecule is CCO[C@@H]1C[C@@H](OC(=O)Nc2ccc(N3CCOCC3=O)cc2)N(C(=O)/C=C/c2ccc(Cl)o2)C1. The van der Waals surface area contributed by atoms with Crippen molar-refractivity contribution in [1.82, 2.24) is 4.90 Å². The maximum atomic E-state index is 12.8. The fourth-order valence-electron chi connectivity index (χ4n) is 3.92. The molecular formula is C24H26ClN3O7. The Morgan fingerprint density at radius 1 is 1.23 bits per heavy atom. The van der Waals surface area contributed by atoms with Crippen molar-refractivity contribution >= 4 is 47.0 Å². The van der Waals surface area contributed by atoms with Gasteiger partial charge < -0.3 is 28.4 Å². The van der Waals surface area contributed by atoms with Crippen LogP contribution < -0.4 is 10.2 Å². The highest BCUT2D eigenvalue weighted by Crippen LogP contribution is 2.24. The summed E-state index contributed by atoms with van der Waals surface area (Å²) in [5.74, 6) is -0.0335. The van der Waals surface area contributed by atoms with Crippen molar-refractivity contribution in [2.75, 3.05) is 43.1 Å². The fraction of sp³-hybridized carbons (Fsp3) is 0.375. The van der Waals surface area contributed by atoms with Crippen LogP contribution in [0.5, 0.6) is 0 Å². The van der Waals surface area contributed by atoms with Crippen molar-refractivity contribution in [3.05, 3.63) is 53.5 Å². The second-order valence-corrected chi connectivity index (χ2v) is 8.28. The molecule has 2 aliphatic rings. The lowest BCUT2D eigenvalue weighted by molar-refractivity contribution is -0.132. The number of amides is 3. The van der Waals surface area contributed by atoms with Gasteiger partial charge in [-0.1, -0.05) is 0 Å². The number of nitrogens with one attached hydrogen (secondary N) is 1. The monoisotopic (exact) mass is 503 g/mol. The van der Waals surface area contributed by atoms with Gasteiger partial charge in [-0.3, -0.25) is 14.9 Å². The molecule has 2 atom stereocenters. The summed E-state index contributed by atoms with van der Waals surface area (Å²) in [4.78, 5) is 40.4. The fourth-order valence-corrected chi connectivity index (χ4v) is 4.07. The second-order valence-electron chi connectivity index (χ2n) is 7.91. The molecule has 0 saturated carbocycles. The predicted octanol–water partition coefficient (Wildman–Crippen LogP) is 3.52. The number of carbonyl (C=O) groups excluding carboxylic acids is 3. The van der Waals surface area contributed by atoms with E-state index in [-0.39, 0.29) is 36.3 Å². The van der Waals surface area contributed by atoms with Crippen molar-refractivity contribution in [2.24, 2.45) is 0 Å². The van der Waals surface area contributed by atoms with E-state index in [4.69, 9.17) is 30.2 Å². The van der Waals surface area contributed by atoms with Crippen LogP contribution in [0.3, 0.4) is 0 Å². The predicted molar refractivity (Wildman–Crippen MR) is 128 cm³/mol. The molecule has 2 fully saturated rings. The molecule has 0 radical (unpaired) electrons. The number of benzene rings is 1. The minimum atomic E-state index is -0.797. The zero-order chi connectivity index (χ0) is 24.8. The van der Waals surface area contributed by atoms with E-state index in [9.17, 15) is 14.4 Å². The first-order chi connectivity index (χ1) is 16.9. The van der Waals surface area contributed by atoms with Crippen molar-refractivity contribution in [2.45, 2.75) is 25.7 Å². The molecule has 186 valence electrons. The van der Waals surface area contributed by atoms with E-state index in [0.29, 0.717) is 43.3 Å². The highest BCUT2D eigenvalue weighted by molar-refractivity contribution is 6.28. The average Bonchev–Trinajstić information content (AvgIpc) is 3.44. The van der Waals surface area contributed by atoms with Crippen LogP contribution in [0.4, 0.5) is 16.2 Å². The summed E-state index contributed by atoms with van der Waals surface area (Å²) in [6, 6.07) is 10.0. The van der Waals surface area contributed by atoms with E-state index in [2.05, 4.69) is 5.32 Å². The minimum Gasteiger partial charge on any atom is -0.445 e. The molecule has 3 heterocycles. The number of anilines is 2. The van der Waals surface area contributed by atoms with Gasteiger partial charge in [0.15, 0.2) is 11.4 Å². The van der Waals surface area contributed by atoms with Gasteiger partial charge >= 0.3 is 6.09 Å². The van der Waals surface area contributed by atoms with E-state index in [0.717, 1.165) is 0 Å². The summed E-state index contributed by atoms with van der Waals surface area (Å²) in [5, 5.41) is 2.88. The molecule has 2 aromatic rings. The zero-order valence-corrected chi connectivity index (χ0v) is 19.9. The minimum absolute atomic E-state index is 0.0517. The van der Waals surface area contributed by atoms with E-state index < -0.39 is 12.3 Å². The molecule has 4 rings (SSSR count). The normalized spacial score (nSPS) is 20.5. The first-order valence-electron chi connectivity index (χ1n) is 11.2. The summed E-state index contributed by atoms with van der Waals surface area (Å²) in [6.07, 6.45) is 1.43. The third-order valence-electron chi connectivity index (χ3n) is 5.54. The Labute approximate surface area is 207 Å². The number of likely N-dealkylation sites (tertiary alicyclic amines) is 1. The van der Waals surface area contributed by atoms with Gasteiger partial charge in [0.05, 0.1) is 19.3 Å². The van der Waals surface area contributed by atoms with Gasteiger partial charge in [0, 0.05) is 37.0 Å². The number of ether oxygens (including phenoxy) is 3. The molecule has 0 spiro atoms. The summed E-state index contributed by atoms with van der Waals surface area (Å²) in [6.45, 7) is 3.63. The van der Waals surface area contributed by atoms with Crippen LogP contribution in [0.15, 0.2) is 46.9 Å². The molecule has 10 nitrogen and oxygen atoms in total. The molecule has 1 aromatic carbocycles. The highest BCUT2D eigenvalue weighted by atomic mass is 35.5. The van der Waals surface area contributed by atoms with Crippen molar-refractivity contribution < 1.29 is 33.0 Å². The molecular weight excluding hydrogens is 478 g/mol. The standard InChI is InChI=1S/C24H26ClN3O7/c1-2-33-19-13-23(28(14-19)21(29)10-8-18-7-9-20(25)34-18)35-24(31)26-16-3-5-17(6-4-16)27-11-12-32-15-22(27)30/h3-10,19,23H,2,11-15H2,1H3,(H,26,31)/b10-8+/t19-,23-/m1/s1. The lowest BCUT2D eigenvalue weighted by Gasteiger charge is -2.27. The van der Waals surface area contributed by atoms with Gasteiger partial charge in [-0.05, 0) is 61.0 Å². The maximum Gasteiger partial charge on any atom is 0.413 e. The Morgan fingerprint density at radius 3 is 2.71 bits per heavy atom. The van der Waals surface area contributed by atoms with Crippen LogP contribution >= 0.6 is 11.6 Å². The molecule has 1 aromatic heterocycles. The number of nitrogens with zero attached hydrogens (tertiary/aromatic N) is 2. The maximum absolute atomic E-state index is 12.8. The topological polar surface area (TPSA) is 111 Å². The van der Waals surface area contributed by atoms with E-state index in [1.165, 1.54) is 17.1 Å². The summed E-state index contributed by atoms with van der Waals surface area (Å²) in [7, 11) is 0. The number of furan rings is 1. The van der Waals surface area contributed by atoms with Gasteiger partial charge in [0.1, 0.15) is 12.4 Å². The van der Waals surface area contributed by atoms with Crippen LogP contribution in [0.1, 0.15) is 19.1 Å². The van der Waals surface area contributed by atoms with E-state index in [1.54, 1.807) is 41.3 Å². The van der Waals surface area contributed by atoms with Gasteiger partial charge in [-0.15, -0.1) is 0 Å². The Hall–Kier alpha value is -3.34. The van der Waals surface area contributed by atoms with Crippen LogP contribution in [-0.4, -0.2) is 68.0 Å². The summed E-state index contributed by atoms with van der Waals surface area (Å²) in [5.41, 5.74) is 1.21. The van der Waals surface area contributed by atoms with Crippen LogP contribution in [0.2, 0.25) is 5.22 Å². The number of hydrogen-bond acceptors (Lipinski definition) is 7. The largest absolute Gasteiger partial charge is 0.445 e. The molecule has 2 saturated heterocycles. The first kappa shape index (κ1) is 24.8. The molecule has 0 aliphatic carbocycles. The Bertz CT molecular complexity index is 1090. The molecule has 1 N–H and O–H groups in total. The quantitative estimate of drug-likeness (QED) is 0.575. The number of morpholine rings is 1. The number of rotatable bonds is 7. The van der Waals surface area contributed by atoms with Gasteiger partial charge in [-0.2, -0.15) is 0 Å². The van der Waals surface area contributed by atoms with Gasteiger partial charge in [0.25, 0.3) is 5.91 Å². The average molecular weight is 504 g/mol. The van der Waals surface area contributed by atoms with Crippen LogP contribution in [0.25, 0.3) is 6.08 Å². The van der Waals surface area contributed by atoms with Crippen LogP contribution in [-0.2, 0) is 23.8 Å². The summed E-state index contributed by atoms with van der Waals surface area (Å²) >= 11 is 5.76. The van der Waals surface area contributed by atoms with Gasteiger partial charge in [-0.25, -0.2) is 4.79 Å². The molecule has 11 heteroatoms. The summed E-state index contributed by atoms with van der Waals surface area (Å²) < 4.78 is 21.6. The third-order valence-corrected chi connectivity index (χ3v) is 5.74. The van der Waals surface area contributed by atoms with Crippen molar-refractivity contribution in [3.63, 3.8) is 0 Å². The second kappa shape index (κ2) is 11.4. The van der Waals surface area contributed by atoms with Crippen molar-refractivity contribution in [1.29, 1.82) is 0 Å². The molecule has 2 aliphatic heterocycles. The first-order valence-corrected chi connectivity index (χ1v) is 11.6. The third kappa shape index (κ3) is 6.41. The lowest BCUT2D eigenvalue weighted by Crippen LogP contribution is -2.41. The highest BCUT2D eigenvalue weighted by Gasteiger charge is 2.37. The van der Waals surface area contributed by atoms with E-state index in [1.807, 2.05) is 6.92 Å². The molecule has 3 amide bonds. The zero-order valence-electron chi connectivity index (χ0n) is 19.1. The van der Waals surface area contributed by atoms with Gasteiger partial charge in [0.2, 0.25) is 5.91 Å². The number of hydrogen-bond donors (Lipinski definition) is 1. The Balaban J connectivity index is 1.37. The Kier molecular flexibility index (Phi) is 8.06. The van der Waals surface area contributed by atoms with E-state index >= 15 is 0 Å². The molecule has 0 unspecified atom stereocenters. The lowest BCUT2D eigenvalue weighted by atomic mass is 10.2. The van der Waals surface area contributed by atoms with Crippen LogP contribution in [0, 0.1) is 0 Å². The Morgan fingerprint density at radius 2 is 2.03 bits per heavy atom.